The van der Waals surface area contributed by atoms with Gasteiger partial charge in [0.1, 0.15) is 6.04 Å². The molecule has 2 rings (SSSR count). The zero-order chi connectivity index (χ0) is 11.7. The number of hydrogen-bond donors (Lipinski definition) is 1. The molecule has 1 aromatic rings. The van der Waals surface area contributed by atoms with Crippen molar-refractivity contribution in [2.45, 2.75) is 18.9 Å². The molecule has 0 radical (unpaired) electrons. The second kappa shape index (κ2) is 3.80. The average Bonchev–Trinajstić information content (AvgIpc) is 2.84. The summed E-state index contributed by atoms with van der Waals surface area (Å²) in [5.74, 6) is -2.37. The Morgan fingerprint density at radius 2 is 2.25 bits per heavy atom. The van der Waals surface area contributed by atoms with E-state index in [9.17, 15) is 14.4 Å². The van der Waals surface area contributed by atoms with Gasteiger partial charge in [0.25, 0.3) is 5.91 Å². The van der Waals surface area contributed by atoms with Crippen molar-refractivity contribution in [3.63, 3.8) is 0 Å². The van der Waals surface area contributed by atoms with Gasteiger partial charge in [0.05, 0.1) is 6.26 Å². The van der Waals surface area contributed by atoms with Crippen LogP contribution in [0.5, 0.6) is 0 Å². The summed E-state index contributed by atoms with van der Waals surface area (Å²) in [4.78, 5) is 34.8. The molecule has 1 fully saturated rings. The Labute approximate surface area is 90.4 Å². The number of likely N-dealkylation sites (tertiary alicyclic amines) is 1. The summed E-state index contributed by atoms with van der Waals surface area (Å²) in [6.45, 7) is 0. The first kappa shape index (κ1) is 10.4. The molecule has 1 unspecified atom stereocenters. The highest BCUT2D eigenvalue weighted by Gasteiger charge is 2.41. The van der Waals surface area contributed by atoms with Crippen LogP contribution in [0.4, 0.5) is 0 Å². The van der Waals surface area contributed by atoms with E-state index in [1.807, 2.05) is 0 Å². The van der Waals surface area contributed by atoms with E-state index < -0.39 is 23.8 Å². The van der Waals surface area contributed by atoms with Crippen LogP contribution in [0, 0.1) is 0 Å². The molecule has 0 bridgehead atoms. The van der Waals surface area contributed by atoms with Crippen molar-refractivity contribution in [2.24, 2.45) is 0 Å². The molecular weight excluding hydrogens is 214 g/mol. The number of carboxylic acids is 1. The normalized spacial score (nSPS) is 20.1. The smallest absolute Gasteiger partial charge is 0.326 e. The summed E-state index contributed by atoms with van der Waals surface area (Å²) in [5.41, 5.74) is 0. The minimum Gasteiger partial charge on any atom is -0.480 e. The molecule has 2 heterocycles. The number of amides is 2. The predicted octanol–water partition coefficient (Wildman–Crippen LogP) is 0.495. The summed E-state index contributed by atoms with van der Waals surface area (Å²) >= 11 is 0. The van der Waals surface area contributed by atoms with E-state index in [4.69, 9.17) is 9.52 Å². The van der Waals surface area contributed by atoms with Gasteiger partial charge in [-0.3, -0.25) is 14.5 Å². The number of hydrogen-bond acceptors (Lipinski definition) is 4. The molecule has 0 aliphatic carbocycles. The van der Waals surface area contributed by atoms with E-state index in [-0.39, 0.29) is 18.6 Å². The SMILES string of the molecule is O=C(O)C1CCC(=O)N1C(=O)c1ccco1. The Morgan fingerprint density at radius 1 is 1.50 bits per heavy atom. The van der Waals surface area contributed by atoms with Gasteiger partial charge in [-0.05, 0) is 18.6 Å². The second-order valence-electron chi connectivity index (χ2n) is 3.44. The second-order valence-corrected chi connectivity index (χ2v) is 3.44. The molecular formula is C10H9NO5. The molecule has 0 spiro atoms. The third-order valence-electron chi connectivity index (χ3n) is 2.45. The maximum Gasteiger partial charge on any atom is 0.326 e. The summed E-state index contributed by atoms with van der Waals surface area (Å²) in [5, 5.41) is 8.87. The lowest BCUT2D eigenvalue weighted by Gasteiger charge is -2.17. The summed E-state index contributed by atoms with van der Waals surface area (Å²) in [7, 11) is 0. The van der Waals surface area contributed by atoms with Crippen LogP contribution >= 0.6 is 0 Å². The zero-order valence-corrected chi connectivity index (χ0v) is 8.25. The largest absolute Gasteiger partial charge is 0.480 e. The summed E-state index contributed by atoms with van der Waals surface area (Å²) in [6, 6.07) is 1.82. The van der Waals surface area contributed by atoms with E-state index >= 15 is 0 Å². The van der Waals surface area contributed by atoms with E-state index in [1.54, 1.807) is 0 Å². The lowest BCUT2D eigenvalue weighted by Crippen LogP contribution is -2.42. The Morgan fingerprint density at radius 3 is 2.81 bits per heavy atom. The number of carboxylic acid groups (broad SMARTS) is 1. The maximum atomic E-state index is 11.8. The number of carbonyl (C=O) groups is 3. The molecule has 1 aromatic heterocycles. The Kier molecular flexibility index (Phi) is 2.47. The Hall–Kier alpha value is -2.11. The molecule has 6 nitrogen and oxygen atoms in total. The van der Waals surface area contributed by atoms with Crippen molar-refractivity contribution < 1.29 is 23.9 Å². The standard InChI is InChI=1S/C10H9NO5/c12-8-4-3-6(10(14)15)11(8)9(13)7-2-1-5-16-7/h1-2,5-6H,3-4H2,(H,14,15). The van der Waals surface area contributed by atoms with E-state index in [1.165, 1.54) is 18.4 Å². The molecule has 1 aliphatic heterocycles. The number of aliphatic carboxylic acids is 1. The summed E-state index contributed by atoms with van der Waals surface area (Å²) < 4.78 is 4.85. The molecule has 1 atom stereocenters. The van der Waals surface area contributed by atoms with Crippen LogP contribution in [-0.2, 0) is 9.59 Å². The molecule has 1 saturated heterocycles. The highest BCUT2D eigenvalue weighted by Crippen LogP contribution is 2.21. The van der Waals surface area contributed by atoms with Gasteiger partial charge in [-0.2, -0.15) is 0 Å². The fourth-order valence-corrected chi connectivity index (χ4v) is 1.69. The van der Waals surface area contributed by atoms with Gasteiger partial charge < -0.3 is 9.52 Å². The van der Waals surface area contributed by atoms with Crippen LogP contribution in [-0.4, -0.2) is 33.8 Å². The molecule has 16 heavy (non-hydrogen) atoms. The van der Waals surface area contributed by atoms with Crippen LogP contribution < -0.4 is 0 Å². The first-order valence-corrected chi connectivity index (χ1v) is 4.74. The fourth-order valence-electron chi connectivity index (χ4n) is 1.69. The molecule has 1 aliphatic rings. The molecule has 6 heteroatoms. The van der Waals surface area contributed by atoms with Gasteiger partial charge in [-0.15, -0.1) is 0 Å². The van der Waals surface area contributed by atoms with Gasteiger partial charge in [0.15, 0.2) is 5.76 Å². The van der Waals surface area contributed by atoms with Crippen LogP contribution in [0.25, 0.3) is 0 Å². The number of nitrogens with zero attached hydrogens (tertiary/aromatic N) is 1. The van der Waals surface area contributed by atoms with E-state index in [0.29, 0.717) is 0 Å². The molecule has 0 saturated carbocycles. The lowest BCUT2D eigenvalue weighted by molar-refractivity contribution is -0.144. The number of rotatable bonds is 2. The van der Waals surface area contributed by atoms with E-state index in [2.05, 4.69) is 0 Å². The molecule has 0 aromatic carbocycles. The molecule has 2 amide bonds. The van der Waals surface area contributed by atoms with Gasteiger partial charge in [0.2, 0.25) is 5.91 Å². The van der Waals surface area contributed by atoms with Crippen molar-refractivity contribution in [3.05, 3.63) is 24.2 Å². The Balaban J connectivity index is 2.27. The van der Waals surface area contributed by atoms with Crippen molar-refractivity contribution in [2.75, 3.05) is 0 Å². The molecule has 1 N–H and O–H groups in total. The van der Waals surface area contributed by atoms with Crippen molar-refractivity contribution in [1.29, 1.82) is 0 Å². The predicted molar refractivity (Wildman–Crippen MR) is 50.5 cm³/mol. The summed E-state index contributed by atoms with van der Waals surface area (Å²) in [6.07, 6.45) is 1.52. The van der Waals surface area contributed by atoms with Crippen LogP contribution in [0.15, 0.2) is 22.8 Å². The number of carbonyl (C=O) groups excluding carboxylic acids is 2. The minimum absolute atomic E-state index is 0.0264. The first-order valence-electron chi connectivity index (χ1n) is 4.74. The third kappa shape index (κ3) is 1.58. The van der Waals surface area contributed by atoms with Crippen LogP contribution in [0.1, 0.15) is 23.4 Å². The molecule has 84 valence electrons. The third-order valence-corrected chi connectivity index (χ3v) is 2.45. The van der Waals surface area contributed by atoms with Crippen LogP contribution in [0.3, 0.4) is 0 Å². The van der Waals surface area contributed by atoms with Crippen molar-refractivity contribution >= 4 is 17.8 Å². The Bertz CT molecular complexity index is 436. The fraction of sp³-hybridized carbons (Fsp3) is 0.300. The average molecular weight is 223 g/mol. The quantitative estimate of drug-likeness (QED) is 0.737. The monoisotopic (exact) mass is 223 g/mol. The minimum atomic E-state index is -1.18. The maximum absolute atomic E-state index is 11.8. The highest BCUT2D eigenvalue weighted by molar-refractivity contribution is 6.07. The van der Waals surface area contributed by atoms with Crippen LogP contribution in [0.2, 0.25) is 0 Å². The number of furan rings is 1. The highest BCUT2D eigenvalue weighted by atomic mass is 16.4. The van der Waals surface area contributed by atoms with Crippen molar-refractivity contribution in [3.8, 4) is 0 Å². The zero-order valence-electron chi connectivity index (χ0n) is 8.25. The first-order chi connectivity index (χ1) is 7.61. The number of imide groups is 1. The van der Waals surface area contributed by atoms with Gasteiger partial charge in [-0.25, -0.2) is 4.79 Å². The topological polar surface area (TPSA) is 87.8 Å². The van der Waals surface area contributed by atoms with E-state index in [0.717, 1.165) is 4.90 Å². The van der Waals surface area contributed by atoms with Crippen molar-refractivity contribution in [1.82, 2.24) is 4.90 Å². The lowest BCUT2D eigenvalue weighted by atomic mass is 10.2. The van der Waals surface area contributed by atoms with Gasteiger partial charge >= 0.3 is 5.97 Å². The van der Waals surface area contributed by atoms with Gasteiger partial charge in [-0.1, -0.05) is 0 Å². The van der Waals surface area contributed by atoms with Gasteiger partial charge in [0, 0.05) is 6.42 Å².